The summed E-state index contributed by atoms with van der Waals surface area (Å²) in [7, 11) is -3.98. The van der Waals surface area contributed by atoms with Crippen LogP contribution in [0.15, 0.2) is 74.9 Å². The fourth-order valence-corrected chi connectivity index (χ4v) is 5.63. The molecule has 0 radical (unpaired) electrons. The zero-order chi connectivity index (χ0) is 22.5. The zero-order valence-corrected chi connectivity index (χ0v) is 19.0. The molecule has 9 heteroatoms. The Hall–Kier alpha value is -3.56. The van der Waals surface area contributed by atoms with Gasteiger partial charge in [0.15, 0.2) is 5.65 Å². The van der Waals surface area contributed by atoms with Crippen molar-refractivity contribution in [3.8, 4) is 0 Å². The van der Waals surface area contributed by atoms with Crippen molar-refractivity contribution in [3.05, 3.63) is 76.0 Å². The van der Waals surface area contributed by atoms with Gasteiger partial charge in [0.25, 0.3) is 0 Å². The number of hydrogen-bond donors (Lipinski definition) is 1. The summed E-state index contributed by atoms with van der Waals surface area (Å²) >= 11 is 1.51. The summed E-state index contributed by atoms with van der Waals surface area (Å²) in [6.45, 7) is 3.81. The highest BCUT2D eigenvalue weighted by Gasteiger charge is 2.30. The van der Waals surface area contributed by atoms with Crippen LogP contribution in [-0.2, 0) is 9.84 Å². The summed E-state index contributed by atoms with van der Waals surface area (Å²) in [5.74, 6) is -0.0265. The molecular formula is C23H19N5O2S2. The molecule has 0 atom stereocenters. The van der Waals surface area contributed by atoms with Crippen molar-refractivity contribution in [2.75, 3.05) is 5.73 Å². The summed E-state index contributed by atoms with van der Waals surface area (Å²) < 4.78 is 28.8. The standard InChI is InChI=1S/C23H19N5O2S2/c1-14-9-10-17(12-15(14)2)32(29,30)21-20-23(27-19-8-4-3-7-18(19)26-20)28(22(21)24)25-13-16-6-5-11-31-16/h3-13H,24H2,1-2H3. The van der Waals surface area contributed by atoms with Gasteiger partial charge < -0.3 is 5.73 Å². The number of aromatic nitrogens is 3. The van der Waals surface area contributed by atoms with E-state index in [1.54, 1.807) is 30.5 Å². The largest absolute Gasteiger partial charge is 0.382 e. The van der Waals surface area contributed by atoms with Crippen molar-refractivity contribution in [2.24, 2.45) is 5.10 Å². The SMILES string of the molecule is Cc1ccc(S(=O)(=O)c2c(N)n(N=Cc3cccs3)c3nc4ccccc4nc23)cc1C. The van der Waals surface area contributed by atoms with E-state index in [1.807, 2.05) is 49.6 Å². The Labute approximate surface area is 188 Å². The maximum absolute atomic E-state index is 13.7. The average molecular weight is 462 g/mol. The van der Waals surface area contributed by atoms with Crippen LogP contribution < -0.4 is 5.73 Å². The van der Waals surface area contributed by atoms with E-state index < -0.39 is 9.84 Å². The number of para-hydroxylation sites is 2. The summed E-state index contributed by atoms with van der Waals surface area (Å²) in [6.07, 6.45) is 1.63. The first-order valence-corrected chi connectivity index (χ1v) is 12.2. The molecule has 0 saturated carbocycles. The van der Waals surface area contributed by atoms with E-state index in [9.17, 15) is 8.42 Å². The molecule has 32 heavy (non-hydrogen) atoms. The van der Waals surface area contributed by atoms with Crippen molar-refractivity contribution in [1.82, 2.24) is 14.6 Å². The minimum atomic E-state index is -3.98. The van der Waals surface area contributed by atoms with Crippen LogP contribution in [0.5, 0.6) is 0 Å². The molecule has 5 aromatic rings. The molecule has 2 aromatic carbocycles. The van der Waals surface area contributed by atoms with Crippen molar-refractivity contribution in [1.29, 1.82) is 0 Å². The molecule has 0 aliphatic carbocycles. The Morgan fingerprint density at radius 2 is 1.75 bits per heavy atom. The van der Waals surface area contributed by atoms with Gasteiger partial charge in [-0.05, 0) is 60.7 Å². The molecule has 3 aromatic heterocycles. The number of nitrogens with two attached hydrogens (primary N) is 1. The van der Waals surface area contributed by atoms with Gasteiger partial charge in [-0.15, -0.1) is 11.3 Å². The molecule has 0 spiro atoms. The van der Waals surface area contributed by atoms with Crippen molar-refractivity contribution >= 4 is 55.4 Å². The lowest BCUT2D eigenvalue weighted by atomic mass is 10.1. The first kappa shape index (κ1) is 20.3. The molecule has 160 valence electrons. The second-order valence-corrected chi connectivity index (χ2v) is 10.3. The zero-order valence-electron chi connectivity index (χ0n) is 17.4. The van der Waals surface area contributed by atoms with E-state index in [0.717, 1.165) is 16.0 Å². The van der Waals surface area contributed by atoms with Crippen LogP contribution in [-0.4, -0.2) is 29.3 Å². The lowest BCUT2D eigenvalue weighted by Gasteiger charge is -2.07. The number of rotatable bonds is 4. The van der Waals surface area contributed by atoms with Crippen molar-refractivity contribution in [2.45, 2.75) is 23.6 Å². The average Bonchev–Trinajstić information content (AvgIpc) is 3.38. The summed E-state index contributed by atoms with van der Waals surface area (Å²) in [5.41, 5.74) is 9.97. The quantitative estimate of drug-likeness (QED) is 0.395. The summed E-state index contributed by atoms with van der Waals surface area (Å²) in [5, 5.41) is 6.38. The van der Waals surface area contributed by atoms with Crippen LogP contribution >= 0.6 is 11.3 Å². The minimum Gasteiger partial charge on any atom is -0.382 e. The van der Waals surface area contributed by atoms with E-state index in [-0.39, 0.29) is 26.8 Å². The van der Waals surface area contributed by atoms with Gasteiger partial charge in [0.2, 0.25) is 9.84 Å². The Balaban J connectivity index is 1.82. The van der Waals surface area contributed by atoms with E-state index in [0.29, 0.717) is 11.0 Å². The molecule has 0 fully saturated rings. The van der Waals surface area contributed by atoms with Crippen LogP contribution in [0.2, 0.25) is 0 Å². The van der Waals surface area contributed by atoms with Gasteiger partial charge in [-0.3, -0.25) is 0 Å². The fourth-order valence-electron chi connectivity index (χ4n) is 3.48. The summed E-state index contributed by atoms with van der Waals surface area (Å²) in [6, 6.07) is 16.1. The number of thiophene rings is 1. The molecule has 2 N–H and O–H groups in total. The van der Waals surface area contributed by atoms with Gasteiger partial charge in [-0.2, -0.15) is 9.78 Å². The highest BCUT2D eigenvalue weighted by molar-refractivity contribution is 7.92. The third kappa shape index (κ3) is 3.26. The van der Waals surface area contributed by atoms with Crippen molar-refractivity contribution < 1.29 is 8.42 Å². The van der Waals surface area contributed by atoms with Gasteiger partial charge in [0, 0.05) is 4.88 Å². The summed E-state index contributed by atoms with van der Waals surface area (Å²) in [4.78, 5) is 10.2. The van der Waals surface area contributed by atoms with Crippen LogP contribution in [0.1, 0.15) is 16.0 Å². The third-order valence-electron chi connectivity index (χ3n) is 5.33. The maximum atomic E-state index is 13.7. The van der Waals surface area contributed by atoms with E-state index in [1.165, 1.54) is 16.0 Å². The Bertz CT molecular complexity index is 1620. The first-order valence-electron chi connectivity index (χ1n) is 9.83. The third-order valence-corrected chi connectivity index (χ3v) is 7.95. The Morgan fingerprint density at radius 1 is 1.00 bits per heavy atom. The molecule has 3 heterocycles. The van der Waals surface area contributed by atoms with Gasteiger partial charge in [-0.25, -0.2) is 18.4 Å². The second kappa shape index (κ2) is 7.54. The molecule has 5 rings (SSSR count). The number of hydrogen-bond acceptors (Lipinski definition) is 7. The van der Waals surface area contributed by atoms with Gasteiger partial charge in [0.05, 0.1) is 22.1 Å². The number of sulfone groups is 1. The predicted octanol–water partition coefficient (Wildman–Crippen LogP) is 4.56. The lowest BCUT2D eigenvalue weighted by molar-refractivity contribution is 0.597. The molecule has 0 unspecified atom stereocenters. The monoisotopic (exact) mass is 461 g/mol. The highest BCUT2D eigenvalue weighted by atomic mass is 32.2. The Morgan fingerprint density at radius 3 is 2.44 bits per heavy atom. The number of anilines is 1. The molecule has 0 saturated heterocycles. The van der Waals surface area contributed by atoms with Gasteiger partial charge in [0.1, 0.15) is 16.2 Å². The molecule has 7 nitrogen and oxygen atoms in total. The molecule has 0 aliphatic rings. The predicted molar refractivity (Wildman–Crippen MR) is 128 cm³/mol. The lowest BCUT2D eigenvalue weighted by Crippen LogP contribution is -2.07. The molecular weight excluding hydrogens is 442 g/mol. The van der Waals surface area contributed by atoms with E-state index in [2.05, 4.69) is 15.1 Å². The normalized spacial score (nSPS) is 12.3. The number of aryl methyl sites for hydroxylation is 2. The minimum absolute atomic E-state index is 0.0265. The van der Waals surface area contributed by atoms with E-state index in [4.69, 9.17) is 5.73 Å². The molecule has 0 aliphatic heterocycles. The molecule has 0 amide bonds. The van der Waals surface area contributed by atoms with Crippen LogP contribution in [0, 0.1) is 13.8 Å². The number of nitrogen functional groups attached to an aromatic ring is 1. The second-order valence-electron chi connectivity index (χ2n) is 7.42. The number of fused-ring (bicyclic) bond motifs is 2. The topological polar surface area (TPSA) is 103 Å². The maximum Gasteiger partial charge on any atom is 0.212 e. The fraction of sp³-hybridized carbons (Fsp3) is 0.0870. The number of benzene rings is 2. The Kier molecular flexibility index (Phi) is 4.79. The highest BCUT2D eigenvalue weighted by Crippen LogP contribution is 2.35. The van der Waals surface area contributed by atoms with E-state index >= 15 is 0 Å². The first-order chi connectivity index (χ1) is 15.4. The van der Waals surface area contributed by atoms with Crippen LogP contribution in [0.25, 0.3) is 22.2 Å². The molecule has 0 bridgehead atoms. The van der Waals surface area contributed by atoms with Crippen molar-refractivity contribution in [3.63, 3.8) is 0 Å². The smallest absolute Gasteiger partial charge is 0.212 e. The number of nitrogens with zero attached hydrogens (tertiary/aromatic N) is 4. The van der Waals surface area contributed by atoms with Gasteiger partial charge >= 0.3 is 0 Å². The van der Waals surface area contributed by atoms with Gasteiger partial charge in [-0.1, -0.05) is 24.3 Å². The van der Waals surface area contributed by atoms with Crippen LogP contribution in [0.3, 0.4) is 0 Å². The van der Waals surface area contributed by atoms with Crippen LogP contribution in [0.4, 0.5) is 5.82 Å².